The van der Waals surface area contributed by atoms with Crippen LogP contribution in [0.15, 0.2) is 12.4 Å². The van der Waals surface area contributed by atoms with Gasteiger partial charge in [0.05, 0.1) is 13.1 Å². The second-order valence-electron chi connectivity index (χ2n) is 6.77. The molecule has 0 saturated heterocycles. The lowest BCUT2D eigenvalue weighted by Gasteiger charge is -2.25. The van der Waals surface area contributed by atoms with Gasteiger partial charge in [0.25, 0.3) is 0 Å². The van der Waals surface area contributed by atoms with Crippen LogP contribution < -0.4 is 5.32 Å². The lowest BCUT2D eigenvalue weighted by atomic mass is 9.82. The zero-order valence-corrected chi connectivity index (χ0v) is 14.8. The maximum atomic E-state index is 4.40. The highest BCUT2D eigenvalue weighted by Gasteiger charge is 2.19. The van der Waals surface area contributed by atoms with Crippen LogP contribution in [-0.4, -0.2) is 42.1 Å². The molecule has 0 unspecified atom stereocenters. The van der Waals surface area contributed by atoms with E-state index in [0.29, 0.717) is 5.92 Å². The van der Waals surface area contributed by atoms with Gasteiger partial charge in [0, 0.05) is 18.3 Å². The Morgan fingerprint density at radius 1 is 1.17 bits per heavy atom. The van der Waals surface area contributed by atoms with Gasteiger partial charge in [-0.1, -0.05) is 18.8 Å². The van der Waals surface area contributed by atoms with Crippen LogP contribution in [0.3, 0.4) is 0 Å². The summed E-state index contributed by atoms with van der Waals surface area (Å²) in [6.45, 7) is 4.83. The summed E-state index contributed by atoms with van der Waals surface area (Å²) in [4.78, 5) is 10.9. The van der Waals surface area contributed by atoms with E-state index in [1.54, 1.807) is 0 Å². The number of nitrogens with one attached hydrogen (secondary N) is 1. The molecule has 4 heteroatoms. The Balaban J connectivity index is 1.63. The number of aromatic nitrogens is 2. The molecule has 126 valence electrons. The van der Waals surface area contributed by atoms with Gasteiger partial charge in [-0.05, 0) is 64.2 Å². The molecule has 1 aliphatic carbocycles. The molecule has 4 nitrogen and oxygen atoms in total. The molecule has 1 N–H and O–H groups in total. The van der Waals surface area contributed by atoms with Crippen molar-refractivity contribution < 1.29 is 0 Å². The molecule has 0 amide bonds. The molecule has 2 rings (SSSR count). The van der Waals surface area contributed by atoms with Crippen molar-refractivity contribution in [2.45, 2.75) is 45.6 Å². The average molecular weight is 314 g/mol. The summed E-state index contributed by atoms with van der Waals surface area (Å²) < 4.78 is 0. The zero-order valence-electron chi connectivity index (χ0n) is 14.8. The van der Waals surface area contributed by atoms with E-state index in [-0.39, 0.29) is 0 Å². The molecule has 0 aromatic carbocycles. The molecule has 0 bridgehead atoms. The molecule has 23 heavy (non-hydrogen) atoms. The van der Waals surface area contributed by atoms with Crippen LogP contribution in [0, 0.1) is 23.7 Å². The Morgan fingerprint density at radius 2 is 1.87 bits per heavy atom. The molecule has 0 aliphatic heterocycles. The van der Waals surface area contributed by atoms with Crippen LogP contribution in [0.2, 0.25) is 0 Å². The summed E-state index contributed by atoms with van der Waals surface area (Å²) >= 11 is 0. The molecule has 0 spiro atoms. The van der Waals surface area contributed by atoms with E-state index in [2.05, 4.69) is 53.0 Å². The molecular formula is C19H30N4. The predicted octanol–water partition coefficient (Wildman–Crippen LogP) is 2.50. The van der Waals surface area contributed by atoms with Crippen molar-refractivity contribution in [2.24, 2.45) is 11.8 Å². The van der Waals surface area contributed by atoms with Gasteiger partial charge in [-0.2, -0.15) is 0 Å². The van der Waals surface area contributed by atoms with E-state index in [9.17, 15) is 0 Å². The summed E-state index contributed by atoms with van der Waals surface area (Å²) in [5.41, 5.74) is 1.20. The highest BCUT2D eigenvalue weighted by atomic mass is 15.0. The lowest BCUT2D eigenvalue weighted by Crippen LogP contribution is -2.26. The van der Waals surface area contributed by atoms with Gasteiger partial charge >= 0.3 is 0 Å². The minimum atomic E-state index is 0.608. The number of rotatable bonds is 6. The molecular weight excluding hydrogens is 284 g/mol. The van der Waals surface area contributed by atoms with E-state index in [0.717, 1.165) is 37.8 Å². The van der Waals surface area contributed by atoms with Gasteiger partial charge in [0.1, 0.15) is 5.82 Å². The smallest absolute Gasteiger partial charge is 0.141 e. The van der Waals surface area contributed by atoms with Crippen LogP contribution in [0.5, 0.6) is 0 Å². The third-order valence-electron chi connectivity index (χ3n) is 4.43. The fraction of sp³-hybridized carbons (Fsp3) is 0.684. The van der Waals surface area contributed by atoms with Gasteiger partial charge in [0.15, 0.2) is 0 Å². The molecule has 1 aromatic heterocycles. The minimum Gasteiger partial charge on any atom is -0.310 e. The Kier molecular flexibility index (Phi) is 7.51. The van der Waals surface area contributed by atoms with E-state index in [4.69, 9.17) is 0 Å². The highest BCUT2D eigenvalue weighted by molar-refractivity contribution is 5.06. The molecule has 1 fully saturated rings. The van der Waals surface area contributed by atoms with Crippen molar-refractivity contribution in [2.75, 3.05) is 27.2 Å². The quantitative estimate of drug-likeness (QED) is 0.819. The summed E-state index contributed by atoms with van der Waals surface area (Å²) in [6.07, 6.45) is 9.91. The Morgan fingerprint density at radius 3 is 2.48 bits per heavy atom. The maximum Gasteiger partial charge on any atom is 0.141 e. The van der Waals surface area contributed by atoms with Crippen molar-refractivity contribution >= 4 is 0 Å². The number of hydrogen-bond acceptors (Lipinski definition) is 4. The average Bonchev–Trinajstić information content (AvgIpc) is 2.57. The van der Waals surface area contributed by atoms with Gasteiger partial charge in [-0.15, -0.1) is 0 Å². The molecule has 1 saturated carbocycles. The summed E-state index contributed by atoms with van der Waals surface area (Å²) in [6, 6.07) is 0. The zero-order chi connectivity index (χ0) is 16.5. The lowest BCUT2D eigenvalue weighted by molar-refractivity contribution is 0.304. The van der Waals surface area contributed by atoms with Gasteiger partial charge in [0.2, 0.25) is 0 Å². The van der Waals surface area contributed by atoms with Crippen LogP contribution >= 0.6 is 0 Å². The van der Waals surface area contributed by atoms with Crippen LogP contribution in [0.1, 0.15) is 44.0 Å². The standard InChI is InChI=1S/C19H30N4/c1-4-16-13-21-19(22-14-16)15-20-12-18-9-7-17(8-10-18)6-5-11-23(2)3/h13-14,17-18,20H,4,7-12,15H2,1-3H3. The van der Waals surface area contributed by atoms with E-state index >= 15 is 0 Å². The van der Waals surface area contributed by atoms with Gasteiger partial charge in [-0.3, -0.25) is 4.90 Å². The fourth-order valence-electron chi connectivity index (χ4n) is 2.90. The first kappa shape index (κ1) is 17.9. The number of nitrogens with zero attached hydrogens (tertiary/aromatic N) is 3. The molecule has 0 atom stereocenters. The maximum absolute atomic E-state index is 4.40. The number of aryl methyl sites for hydroxylation is 1. The monoisotopic (exact) mass is 314 g/mol. The van der Waals surface area contributed by atoms with E-state index in [1.807, 2.05) is 12.4 Å². The third-order valence-corrected chi connectivity index (χ3v) is 4.43. The molecule has 1 heterocycles. The first-order valence-corrected chi connectivity index (χ1v) is 8.81. The van der Waals surface area contributed by atoms with Crippen molar-refractivity contribution in [3.63, 3.8) is 0 Å². The first-order chi connectivity index (χ1) is 11.2. The summed E-state index contributed by atoms with van der Waals surface area (Å²) in [5, 5.41) is 3.51. The van der Waals surface area contributed by atoms with Crippen molar-refractivity contribution in [3.05, 3.63) is 23.8 Å². The molecule has 0 radical (unpaired) electrons. The van der Waals surface area contributed by atoms with Crippen molar-refractivity contribution in [1.82, 2.24) is 20.2 Å². The van der Waals surface area contributed by atoms with Gasteiger partial charge < -0.3 is 5.32 Å². The molecule has 1 aromatic rings. The summed E-state index contributed by atoms with van der Waals surface area (Å²) in [7, 11) is 4.13. The Labute approximate surface area is 141 Å². The van der Waals surface area contributed by atoms with E-state index < -0.39 is 0 Å². The normalized spacial score (nSPS) is 21.0. The van der Waals surface area contributed by atoms with Gasteiger partial charge in [-0.25, -0.2) is 9.97 Å². The third kappa shape index (κ3) is 6.68. The first-order valence-electron chi connectivity index (χ1n) is 8.81. The predicted molar refractivity (Wildman–Crippen MR) is 94.9 cm³/mol. The second-order valence-corrected chi connectivity index (χ2v) is 6.77. The van der Waals surface area contributed by atoms with Crippen LogP contribution in [0.25, 0.3) is 0 Å². The largest absolute Gasteiger partial charge is 0.310 e. The van der Waals surface area contributed by atoms with Crippen molar-refractivity contribution in [1.29, 1.82) is 0 Å². The number of hydrogen-bond donors (Lipinski definition) is 1. The Hall–Kier alpha value is -1.44. The summed E-state index contributed by atoms with van der Waals surface area (Å²) in [5.74, 6) is 9.00. The minimum absolute atomic E-state index is 0.608. The van der Waals surface area contributed by atoms with Crippen LogP contribution in [-0.2, 0) is 13.0 Å². The SMILES string of the molecule is CCc1cnc(CNCC2CCC(C#CCN(C)C)CC2)nc1. The molecule has 1 aliphatic rings. The van der Waals surface area contributed by atoms with Crippen molar-refractivity contribution in [3.8, 4) is 11.8 Å². The fourth-order valence-corrected chi connectivity index (χ4v) is 2.90. The van der Waals surface area contributed by atoms with Crippen LogP contribution in [0.4, 0.5) is 0 Å². The second kappa shape index (κ2) is 9.64. The Bertz CT molecular complexity index is 504. The van der Waals surface area contributed by atoms with E-state index in [1.165, 1.54) is 31.2 Å². The topological polar surface area (TPSA) is 41.1 Å². The highest BCUT2D eigenvalue weighted by Crippen LogP contribution is 2.27.